The van der Waals surface area contributed by atoms with Crippen LogP contribution >= 0.6 is 0 Å². The molecular weight excluding hydrogens is 258 g/mol. The van der Waals surface area contributed by atoms with Gasteiger partial charge in [-0.3, -0.25) is 0 Å². The fourth-order valence-electron chi connectivity index (χ4n) is 2.83. The minimum atomic E-state index is 0.209. The fourth-order valence-corrected chi connectivity index (χ4v) is 2.83. The molecule has 0 bridgehead atoms. The van der Waals surface area contributed by atoms with Crippen molar-refractivity contribution in [3.05, 3.63) is 35.9 Å². The third kappa shape index (κ3) is 3.35. The Morgan fingerprint density at radius 1 is 1.33 bits per heavy atom. The van der Waals surface area contributed by atoms with E-state index in [2.05, 4.69) is 49.2 Å². The van der Waals surface area contributed by atoms with Gasteiger partial charge >= 0.3 is 0 Å². The Balaban J connectivity index is 1.97. The molecule has 1 heterocycles. The first-order valence-electron chi connectivity index (χ1n) is 8.02. The van der Waals surface area contributed by atoms with Gasteiger partial charge in [-0.2, -0.15) is 0 Å². The number of rotatable bonds is 6. The summed E-state index contributed by atoms with van der Waals surface area (Å²) in [5.41, 5.74) is 8.54. The van der Waals surface area contributed by atoms with E-state index in [0.717, 1.165) is 36.6 Å². The maximum absolute atomic E-state index is 6.19. The van der Waals surface area contributed by atoms with Crippen LogP contribution < -0.4 is 10.6 Å². The van der Waals surface area contributed by atoms with E-state index in [9.17, 15) is 0 Å². The molecule has 1 aliphatic rings. The van der Waals surface area contributed by atoms with Gasteiger partial charge in [0.15, 0.2) is 0 Å². The summed E-state index contributed by atoms with van der Waals surface area (Å²) in [6.07, 6.45) is 4.63. The molecule has 1 aromatic heterocycles. The number of nitrogens with zero attached hydrogens (tertiary/aromatic N) is 2. The summed E-state index contributed by atoms with van der Waals surface area (Å²) >= 11 is 0. The van der Waals surface area contributed by atoms with Gasteiger partial charge in [-0.1, -0.05) is 25.1 Å². The molecule has 1 unspecified atom stereocenters. The number of benzene rings is 1. The molecule has 2 aromatic rings. The van der Waals surface area contributed by atoms with Crippen LogP contribution in [-0.2, 0) is 6.42 Å². The van der Waals surface area contributed by atoms with Gasteiger partial charge in [0.25, 0.3) is 0 Å². The van der Waals surface area contributed by atoms with E-state index in [1.165, 1.54) is 23.8 Å². The normalized spacial score (nSPS) is 16.1. The lowest BCUT2D eigenvalue weighted by molar-refractivity contribution is 0.643. The first-order chi connectivity index (χ1) is 10.2. The second-order valence-corrected chi connectivity index (χ2v) is 6.36. The molecule has 3 nitrogen and oxygen atoms in total. The van der Waals surface area contributed by atoms with Crippen molar-refractivity contribution >= 4 is 16.7 Å². The van der Waals surface area contributed by atoms with E-state index in [-0.39, 0.29) is 6.04 Å². The summed E-state index contributed by atoms with van der Waals surface area (Å²) in [6.45, 7) is 3.26. The molecule has 1 fully saturated rings. The highest BCUT2D eigenvalue weighted by Gasteiger charge is 2.24. The molecular formula is C18H25N3. The monoisotopic (exact) mass is 283 g/mol. The molecule has 112 valence electrons. The number of nitrogens with two attached hydrogens (primary N) is 1. The predicted octanol–water partition coefficient (Wildman–Crippen LogP) is 3.36. The van der Waals surface area contributed by atoms with Crippen LogP contribution in [0.2, 0.25) is 0 Å². The Bertz CT molecular complexity index is 619. The fraction of sp³-hybridized carbons (Fsp3) is 0.500. The Kier molecular flexibility index (Phi) is 4.11. The topological polar surface area (TPSA) is 42.1 Å². The molecule has 1 aliphatic carbocycles. The van der Waals surface area contributed by atoms with Crippen LogP contribution in [0, 0.1) is 5.92 Å². The molecule has 21 heavy (non-hydrogen) atoms. The number of hydrogen-bond acceptors (Lipinski definition) is 3. The minimum Gasteiger partial charge on any atom is -0.359 e. The van der Waals surface area contributed by atoms with Crippen molar-refractivity contribution in [3.63, 3.8) is 0 Å². The van der Waals surface area contributed by atoms with Crippen molar-refractivity contribution in [2.45, 2.75) is 38.6 Å². The zero-order valence-corrected chi connectivity index (χ0v) is 13.0. The molecule has 3 rings (SSSR count). The molecule has 1 atom stereocenters. The van der Waals surface area contributed by atoms with Gasteiger partial charge in [0.1, 0.15) is 5.82 Å². The number of fused-ring (bicyclic) bond motifs is 1. The molecule has 0 amide bonds. The van der Waals surface area contributed by atoms with E-state index < -0.39 is 0 Å². The van der Waals surface area contributed by atoms with Crippen molar-refractivity contribution < 1.29 is 0 Å². The Morgan fingerprint density at radius 3 is 2.81 bits per heavy atom. The summed E-state index contributed by atoms with van der Waals surface area (Å²) in [5.74, 6) is 1.97. The van der Waals surface area contributed by atoms with E-state index in [4.69, 9.17) is 10.7 Å². The van der Waals surface area contributed by atoms with Gasteiger partial charge in [0, 0.05) is 25.0 Å². The number of hydrogen-bond donors (Lipinski definition) is 1. The number of para-hydroxylation sites is 1. The lowest BCUT2D eigenvalue weighted by Crippen LogP contribution is -2.26. The van der Waals surface area contributed by atoms with Crippen LogP contribution in [0.4, 0.5) is 5.82 Å². The third-order valence-corrected chi connectivity index (χ3v) is 4.38. The summed E-state index contributed by atoms with van der Waals surface area (Å²) in [6, 6.07) is 10.8. The highest BCUT2D eigenvalue weighted by molar-refractivity contribution is 5.81. The van der Waals surface area contributed by atoms with Crippen LogP contribution in [0.25, 0.3) is 10.9 Å². The molecule has 0 saturated heterocycles. The maximum Gasteiger partial charge on any atom is 0.132 e. The number of anilines is 1. The third-order valence-electron chi connectivity index (χ3n) is 4.38. The first kappa shape index (κ1) is 14.3. The quantitative estimate of drug-likeness (QED) is 0.884. The Morgan fingerprint density at radius 2 is 2.10 bits per heavy atom. The van der Waals surface area contributed by atoms with Crippen LogP contribution in [-0.4, -0.2) is 24.6 Å². The largest absolute Gasteiger partial charge is 0.359 e. The molecule has 1 aromatic carbocycles. The minimum absolute atomic E-state index is 0.209. The Labute approximate surface area is 127 Å². The maximum atomic E-state index is 6.19. The van der Waals surface area contributed by atoms with Crippen molar-refractivity contribution in [3.8, 4) is 0 Å². The molecule has 3 heteroatoms. The lowest BCUT2D eigenvalue weighted by Gasteiger charge is -2.23. The average Bonchev–Trinajstić information content (AvgIpc) is 3.30. The zero-order chi connectivity index (χ0) is 14.8. The number of pyridine rings is 1. The standard InChI is InChI=1S/C18H25N3/c1-3-16(19)11-15-10-14-6-4-5-7-17(14)20-18(15)21(2)12-13-8-9-13/h4-7,10,13,16H,3,8-9,11-12,19H2,1-2H3. The Hall–Kier alpha value is -1.61. The number of aromatic nitrogens is 1. The van der Waals surface area contributed by atoms with Gasteiger partial charge in [0.05, 0.1) is 5.52 Å². The summed E-state index contributed by atoms with van der Waals surface area (Å²) in [7, 11) is 2.16. The highest BCUT2D eigenvalue weighted by atomic mass is 15.2. The van der Waals surface area contributed by atoms with Crippen molar-refractivity contribution in [1.82, 2.24) is 4.98 Å². The molecule has 0 radical (unpaired) electrons. The molecule has 0 aliphatic heterocycles. The van der Waals surface area contributed by atoms with Crippen LogP contribution in [0.15, 0.2) is 30.3 Å². The second kappa shape index (κ2) is 6.02. The van der Waals surface area contributed by atoms with Crippen LogP contribution in [0.5, 0.6) is 0 Å². The van der Waals surface area contributed by atoms with E-state index >= 15 is 0 Å². The van der Waals surface area contributed by atoms with Gasteiger partial charge < -0.3 is 10.6 Å². The van der Waals surface area contributed by atoms with E-state index in [0.29, 0.717) is 0 Å². The van der Waals surface area contributed by atoms with Gasteiger partial charge in [-0.05, 0) is 49.3 Å². The molecule has 1 saturated carbocycles. The average molecular weight is 283 g/mol. The van der Waals surface area contributed by atoms with Gasteiger partial charge in [-0.15, -0.1) is 0 Å². The van der Waals surface area contributed by atoms with Crippen molar-refractivity contribution in [2.75, 3.05) is 18.5 Å². The highest BCUT2D eigenvalue weighted by Crippen LogP contribution is 2.32. The first-order valence-corrected chi connectivity index (χ1v) is 8.02. The molecule has 0 spiro atoms. The van der Waals surface area contributed by atoms with E-state index in [1.807, 2.05) is 0 Å². The summed E-state index contributed by atoms with van der Waals surface area (Å²) < 4.78 is 0. The van der Waals surface area contributed by atoms with Gasteiger partial charge in [0.2, 0.25) is 0 Å². The zero-order valence-electron chi connectivity index (χ0n) is 13.0. The van der Waals surface area contributed by atoms with Crippen LogP contribution in [0.3, 0.4) is 0 Å². The van der Waals surface area contributed by atoms with Crippen LogP contribution in [0.1, 0.15) is 31.7 Å². The summed E-state index contributed by atoms with van der Waals surface area (Å²) in [4.78, 5) is 7.23. The summed E-state index contributed by atoms with van der Waals surface area (Å²) in [5, 5.41) is 1.21. The van der Waals surface area contributed by atoms with E-state index in [1.54, 1.807) is 0 Å². The van der Waals surface area contributed by atoms with Crippen molar-refractivity contribution in [1.29, 1.82) is 0 Å². The molecule has 2 N–H and O–H groups in total. The second-order valence-electron chi connectivity index (χ2n) is 6.36. The SMILES string of the molecule is CCC(N)Cc1cc2ccccc2nc1N(C)CC1CC1. The predicted molar refractivity (Wildman–Crippen MR) is 89.7 cm³/mol. The van der Waals surface area contributed by atoms with Gasteiger partial charge in [-0.25, -0.2) is 4.98 Å². The smallest absolute Gasteiger partial charge is 0.132 e. The van der Waals surface area contributed by atoms with Crippen molar-refractivity contribution in [2.24, 2.45) is 11.7 Å². The lowest BCUT2D eigenvalue weighted by atomic mass is 10.0.